The van der Waals surface area contributed by atoms with E-state index in [1.807, 2.05) is 30.0 Å². The van der Waals surface area contributed by atoms with Crippen LogP contribution in [0.1, 0.15) is 41.6 Å². The van der Waals surface area contributed by atoms with Gasteiger partial charge in [0.1, 0.15) is 0 Å². The number of carbonyl (C=O) groups is 1. The van der Waals surface area contributed by atoms with E-state index in [0.717, 1.165) is 41.4 Å². The van der Waals surface area contributed by atoms with Gasteiger partial charge in [0.25, 0.3) is 5.91 Å². The summed E-state index contributed by atoms with van der Waals surface area (Å²) in [5.74, 6) is 0.100. The highest BCUT2D eigenvalue weighted by molar-refractivity contribution is 9.10. The minimum absolute atomic E-state index is 0.100. The molecule has 0 aromatic heterocycles. The molecule has 3 nitrogen and oxygen atoms in total. The van der Waals surface area contributed by atoms with Crippen LogP contribution in [0.4, 0.5) is 0 Å². The highest BCUT2D eigenvalue weighted by Crippen LogP contribution is 2.24. The largest absolute Gasteiger partial charge is 0.396 e. The summed E-state index contributed by atoms with van der Waals surface area (Å²) in [7, 11) is 0. The van der Waals surface area contributed by atoms with Crippen LogP contribution in [0.25, 0.3) is 0 Å². The summed E-state index contributed by atoms with van der Waals surface area (Å²) in [6, 6.07) is 5.95. The van der Waals surface area contributed by atoms with Crippen LogP contribution >= 0.6 is 15.9 Å². The predicted molar refractivity (Wildman–Crippen MR) is 79.3 cm³/mol. The van der Waals surface area contributed by atoms with Gasteiger partial charge in [0.2, 0.25) is 0 Å². The Hall–Kier alpha value is -0.870. The number of hydrogen-bond acceptors (Lipinski definition) is 2. The topological polar surface area (TPSA) is 40.5 Å². The molecule has 1 amide bonds. The van der Waals surface area contributed by atoms with Gasteiger partial charge < -0.3 is 10.0 Å². The molecular formula is C15H20BrNO2. The van der Waals surface area contributed by atoms with Gasteiger partial charge in [-0.3, -0.25) is 4.79 Å². The fraction of sp³-hybridized carbons (Fsp3) is 0.533. The summed E-state index contributed by atoms with van der Waals surface area (Å²) in [4.78, 5) is 14.6. The van der Waals surface area contributed by atoms with Crippen LogP contribution in [0, 0.1) is 6.92 Å². The lowest BCUT2D eigenvalue weighted by Gasteiger charge is -2.36. The average molecular weight is 326 g/mol. The van der Waals surface area contributed by atoms with Crippen molar-refractivity contribution in [2.75, 3.05) is 13.2 Å². The van der Waals surface area contributed by atoms with Crippen molar-refractivity contribution in [2.45, 2.75) is 38.6 Å². The fourth-order valence-corrected chi connectivity index (χ4v) is 3.21. The van der Waals surface area contributed by atoms with E-state index in [9.17, 15) is 4.79 Å². The van der Waals surface area contributed by atoms with Gasteiger partial charge in [-0.25, -0.2) is 0 Å². The number of halogens is 1. The molecule has 1 aliphatic rings. The van der Waals surface area contributed by atoms with Crippen LogP contribution in [-0.2, 0) is 0 Å². The second kappa shape index (κ2) is 6.53. The van der Waals surface area contributed by atoms with Gasteiger partial charge in [0.15, 0.2) is 0 Å². The van der Waals surface area contributed by atoms with Crippen LogP contribution in [0.2, 0.25) is 0 Å². The summed E-state index contributed by atoms with van der Waals surface area (Å²) >= 11 is 3.42. The predicted octanol–water partition coefficient (Wildman–Crippen LogP) is 3.13. The maximum Gasteiger partial charge on any atom is 0.254 e. The molecule has 0 spiro atoms. The molecule has 1 aromatic rings. The molecule has 19 heavy (non-hydrogen) atoms. The van der Waals surface area contributed by atoms with E-state index in [0.29, 0.717) is 6.42 Å². The number of amides is 1. The third-order valence-electron chi connectivity index (χ3n) is 3.77. The molecule has 0 radical (unpaired) electrons. The van der Waals surface area contributed by atoms with Crippen molar-refractivity contribution >= 4 is 21.8 Å². The van der Waals surface area contributed by atoms with E-state index in [2.05, 4.69) is 15.9 Å². The second-order valence-electron chi connectivity index (χ2n) is 5.12. The van der Waals surface area contributed by atoms with Gasteiger partial charge in [-0.15, -0.1) is 0 Å². The molecular weight excluding hydrogens is 306 g/mol. The van der Waals surface area contributed by atoms with Crippen molar-refractivity contribution in [1.29, 1.82) is 0 Å². The lowest BCUT2D eigenvalue weighted by molar-refractivity contribution is 0.0574. The molecule has 1 aliphatic heterocycles. The Bertz CT molecular complexity index is 459. The zero-order valence-electron chi connectivity index (χ0n) is 11.2. The van der Waals surface area contributed by atoms with Crippen LogP contribution < -0.4 is 0 Å². The highest BCUT2D eigenvalue weighted by Gasteiger charge is 2.27. The summed E-state index contributed by atoms with van der Waals surface area (Å²) in [5, 5.41) is 9.14. The van der Waals surface area contributed by atoms with E-state index in [4.69, 9.17) is 5.11 Å². The number of piperidine rings is 1. The number of rotatable bonds is 3. The number of benzene rings is 1. The molecule has 0 bridgehead atoms. The van der Waals surface area contributed by atoms with Gasteiger partial charge in [-0.2, -0.15) is 0 Å². The summed E-state index contributed by atoms with van der Waals surface area (Å²) < 4.78 is 0.993. The smallest absolute Gasteiger partial charge is 0.254 e. The minimum atomic E-state index is 0.100. The third-order valence-corrected chi connectivity index (χ3v) is 4.26. The number of aliphatic hydroxyl groups is 1. The monoisotopic (exact) mass is 325 g/mol. The van der Waals surface area contributed by atoms with E-state index >= 15 is 0 Å². The van der Waals surface area contributed by atoms with Crippen molar-refractivity contribution in [1.82, 2.24) is 4.90 Å². The Morgan fingerprint density at radius 1 is 1.47 bits per heavy atom. The zero-order chi connectivity index (χ0) is 13.8. The first-order chi connectivity index (χ1) is 9.13. The molecule has 1 atom stereocenters. The van der Waals surface area contributed by atoms with Crippen LogP contribution in [0.15, 0.2) is 22.7 Å². The average Bonchev–Trinajstić information content (AvgIpc) is 2.39. The molecule has 0 saturated carbocycles. The van der Waals surface area contributed by atoms with Gasteiger partial charge in [-0.1, -0.05) is 15.9 Å². The van der Waals surface area contributed by atoms with E-state index in [-0.39, 0.29) is 18.6 Å². The normalized spacial score (nSPS) is 19.5. The molecule has 2 rings (SSSR count). The van der Waals surface area contributed by atoms with Crippen LogP contribution in [0.3, 0.4) is 0 Å². The number of nitrogens with zero attached hydrogens (tertiary/aromatic N) is 1. The van der Waals surface area contributed by atoms with E-state index < -0.39 is 0 Å². The molecule has 1 saturated heterocycles. The SMILES string of the molecule is Cc1cc(Br)ccc1C(=O)N1CCCCC1CCO. The van der Waals surface area contributed by atoms with Crippen LogP contribution in [0.5, 0.6) is 0 Å². The molecule has 1 fully saturated rings. The lowest BCUT2D eigenvalue weighted by Crippen LogP contribution is -2.44. The first-order valence-corrected chi connectivity index (χ1v) is 7.60. The Morgan fingerprint density at radius 2 is 2.26 bits per heavy atom. The Balaban J connectivity index is 2.21. The van der Waals surface area contributed by atoms with Crippen molar-refractivity contribution in [2.24, 2.45) is 0 Å². The van der Waals surface area contributed by atoms with E-state index in [1.165, 1.54) is 0 Å². The van der Waals surface area contributed by atoms with Crippen molar-refractivity contribution in [3.63, 3.8) is 0 Å². The van der Waals surface area contributed by atoms with Gasteiger partial charge in [-0.05, 0) is 56.4 Å². The molecule has 4 heteroatoms. The van der Waals surface area contributed by atoms with Crippen molar-refractivity contribution in [3.8, 4) is 0 Å². The highest BCUT2D eigenvalue weighted by atomic mass is 79.9. The molecule has 1 N–H and O–H groups in total. The molecule has 0 aliphatic carbocycles. The van der Waals surface area contributed by atoms with E-state index in [1.54, 1.807) is 0 Å². The Morgan fingerprint density at radius 3 is 2.95 bits per heavy atom. The maximum absolute atomic E-state index is 12.6. The number of carbonyl (C=O) groups excluding carboxylic acids is 1. The molecule has 1 heterocycles. The Kier molecular flexibility index (Phi) is 4.99. The maximum atomic E-state index is 12.6. The summed E-state index contributed by atoms with van der Waals surface area (Å²) in [6.45, 7) is 2.91. The lowest BCUT2D eigenvalue weighted by atomic mass is 9.97. The van der Waals surface area contributed by atoms with Gasteiger partial charge in [0.05, 0.1) is 0 Å². The Labute approximate surface area is 122 Å². The number of likely N-dealkylation sites (tertiary alicyclic amines) is 1. The molecule has 104 valence electrons. The van der Waals surface area contributed by atoms with Crippen molar-refractivity contribution in [3.05, 3.63) is 33.8 Å². The molecule has 1 aromatic carbocycles. The first-order valence-electron chi connectivity index (χ1n) is 6.81. The summed E-state index contributed by atoms with van der Waals surface area (Å²) in [5.41, 5.74) is 1.76. The second-order valence-corrected chi connectivity index (χ2v) is 6.04. The van der Waals surface area contributed by atoms with Crippen molar-refractivity contribution < 1.29 is 9.90 Å². The third kappa shape index (κ3) is 3.37. The van der Waals surface area contributed by atoms with Gasteiger partial charge in [0, 0.05) is 29.2 Å². The standard InChI is InChI=1S/C15H20BrNO2/c1-11-10-12(16)5-6-14(11)15(19)17-8-3-2-4-13(17)7-9-18/h5-6,10,13,18H,2-4,7-9H2,1H3. The number of aliphatic hydroxyl groups excluding tert-OH is 1. The fourth-order valence-electron chi connectivity index (χ4n) is 2.74. The zero-order valence-corrected chi connectivity index (χ0v) is 12.8. The quantitative estimate of drug-likeness (QED) is 0.927. The van der Waals surface area contributed by atoms with Crippen LogP contribution in [-0.4, -0.2) is 35.1 Å². The first kappa shape index (κ1) is 14.5. The number of hydrogen-bond donors (Lipinski definition) is 1. The molecule has 1 unspecified atom stereocenters. The number of aryl methyl sites for hydroxylation is 1. The minimum Gasteiger partial charge on any atom is -0.396 e. The van der Waals surface area contributed by atoms with Gasteiger partial charge >= 0.3 is 0 Å². The summed E-state index contributed by atoms with van der Waals surface area (Å²) in [6.07, 6.45) is 3.89.